The fraction of sp³-hybridized carbons (Fsp3) is 0.500. The lowest BCUT2D eigenvalue weighted by atomic mass is 9.73. The van der Waals surface area contributed by atoms with Crippen LogP contribution in [0.25, 0.3) is 0 Å². The molecule has 2 saturated heterocycles. The van der Waals surface area contributed by atoms with Gasteiger partial charge in [-0.05, 0) is 53.5 Å². The Hall–Kier alpha value is -3.16. The molecule has 222 valence electrons. The van der Waals surface area contributed by atoms with Crippen molar-refractivity contribution in [2.75, 3.05) is 5.32 Å². The van der Waals surface area contributed by atoms with Gasteiger partial charge in [-0.3, -0.25) is 14.4 Å². The first-order valence-electron chi connectivity index (χ1n) is 15.2. The summed E-state index contributed by atoms with van der Waals surface area (Å²) in [6.45, 7) is 8.80. The molecule has 4 aliphatic rings. The van der Waals surface area contributed by atoms with Crippen LogP contribution in [0, 0.1) is 23.7 Å². The van der Waals surface area contributed by atoms with Crippen molar-refractivity contribution in [3.05, 3.63) is 76.8 Å². The van der Waals surface area contributed by atoms with Gasteiger partial charge in [-0.1, -0.05) is 94.6 Å². The van der Waals surface area contributed by atoms with Gasteiger partial charge >= 0.3 is 0 Å². The molecule has 0 unspecified atom stereocenters. The van der Waals surface area contributed by atoms with Crippen LogP contribution < -0.4 is 10.6 Å². The van der Waals surface area contributed by atoms with Crippen LogP contribution in [0.3, 0.4) is 0 Å². The number of anilines is 1. The smallest absolute Gasteiger partial charge is 0.246 e. The van der Waals surface area contributed by atoms with Crippen LogP contribution >= 0.6 is 11.6 Å². The zero-order valence-corrected chi connectivity index (χ0v) is 25.4. The van der Waals surface area contributed by atoms with Gasteiger partial charge in [0.1, 0.15) is 11.6 Å². The number of likely N-dealkylation sites (tertiary alicyclic amines) is 1. The van der Waals surface area contributed by atoms with Gasteiger partial charge in [-0.2, -0.15) is 0 Å². The van der Waals surface area contributed by atoms with Gasteiger partial charge in [-0.25, -0.2) is 0 Å². The number of fused-ring (bicyclic) bond motifs is 1. The number of rotatable bonds is 7. The maximum Gasteiger partial charge on any atom is 0.246 e. The van der Waals surface area contributed by atoms with Gasteiger partial charge in [0, 0.05) is 23.3 Å². The standard InChI is InChI=1S/C34H40ClN3O4/c1-19(2)22-12-14-24(15-13-22)36-31(39)28-27-16-17-34(42-27)29(28)33(41)38(18-23-9-5-6-10-25(23)35)30(34)32(40)37-26-11-7-8-20(3)21(26)4/h5-6,9-10,12-17,19-21,26-30H,7-8,11,18H2,1-4H3,(H,36,39)(H,37,40)/t20-,21+,26+,27+,28-,29+,30+,34+/m0/s1. The molecule has 3 amide bonds. The summed E-state index contributed by atoms with van der Waals surface area (Å²) < 4.78 is 6.52. The molecule has 2 aromatic carbocycles. The van der Waals surface area contributed by atoms with E-state index in [0.717, 1.165) is 24.8 Å². The van der Waals surface area contributed by atoms with Crippen LogP contribution in [0.2, 0.25) is 5.02 Å². The average Bonchev–Trinajstić information content (AvgIpc) is 3.60. The zero-order chi connectivity index (χ0) is 29.8. The molecule has 1 aliphatic carbocycles. The van der Waals surface area contributed by atoms with E-state index in [1.807, 2.05) is 54.6 Å². The van der Waals surface area contributed by atoms with Crippen molar-refractivity contribution in [3.8, 4) is 0 Å². The Balaban J connectivity index is 1.31. The van der Waals surface area contributed by atoms with Gasteiger partial charge < -0.3 is 20.3 Å². The minimum absolute atomic E-state index is 0.0180. The molecule has 6 rings (SSSR count). The number of hydrogen-bond donors (Lipinski definition) is 2. The van der Waals surface area contributed by atoms with E-state index in [9.17, 15) is 14.4 Å². The molecule has 1 spiro atoms. The third-order valence-corrected chi connectivity index (χ3v) is 10.5. The summed E-state index contributed by atoms with van der Waals surface area (Å²) in [5.41, 5.74) is 1.36. The molecule has 2 N–H and O–H groups in total. The molecule has 8 atom stereocenters. The summed E-state index contributed by atoms with van der Waals surface area (Å²) in [6.07, 6.45) is 6.21. The van der Waals surface area contributed by atoms with Gasteiger partial charge in [-0.15, -0.1) is 0 Å². The molecule has 3 aliphatic heterocycles. The van der Waals surface area contributed by atoms with Crippen molar-refractivity contribution in [1.82, 2.24) is 10.2 Å². The number of nitrogens with one attached hydrogen (secondary N) is 2. The molecule has 2 aromatic rings. The highest BCUT2D eigenvalue weighted by Gasteiger charge is 2.72. The summed E-state index contributed by atoms with van der Waals surface area (Å²) in [6, 6.07) is 14.2. The first-order chi connectivity index (χ1) is 20.1. The Morgan fingerprint density at radius 3 is 2.52 bits per heavy atom. The fourth-order valence-electron chi connectivity index (χ4n) is 7.47. The highest BCUT2D eigenvalue weighted by atomic mass is 35.5. The van der Waals surface area contributed by atoms with Crippen molar-refractivity contribution < 1.29 is 19.1 Å². The first kappa shape index (κ1) is 28.9. The third-order valence-electron chi connectivity index (χ3n) is 10.1. The number of amides is 3. The lowest BCUT2D eigenvalue weighted by Crippen LogP contribution is -2.57. The largest absolute Gasteiger partial charge is 0.359 e. The number of carbonyl (C=O) groups is 3. The Morgan fingerprint density at radius 2 is 1.81 bits per heavy atom. The van der Waals surface area contributed by atoms with Crippen molar-refractivity contribution in [2.45, 2.75) is 83.2 Å². The quantitative estimate of drug-likeness (QED) is 0.406. The van der Waals surface area contributed by atoms with Gasteiger partial charge in [0.25, 0.3) is 0 Å². The van der Waals surface area contributed by atoms with E-state index in [0.29, 0.717) is 28.5 Å². The van der Waals surface area contributed by atoms with E-state index < -0.39 is 29.6 Å². The van der Waals surface area contributed by atoms with Crippen molar-refractivity contribution in [2.24, 2.45) is 23.7 Å². The third kappa shape index (κ3) is 4.84. The van der Waals surface area contributed by atoms with E-state index in [1.54, 1.807) is 11.0 Å². The van der Waals surface area contributed by atoms with Gasteiger partial charge in [0.15, 0.2) is 0 Å². The number of nitrogens with zero attached hydrogens (tertiary/aromatic N) is 1. The second kappa shape index (κ2) is 11.2. The van der Waals surface area contributed by atoms with E-state index in [4.69, 9.17) is 16.3 Å². The molecule has 8 heteroatoms. The predicted molar refractivity (Wildman–Crippen MR) is 163 cm³/mol. The number of hydrogen-bond acceptors (Lipinski definition) is 4. The Morgan fingerprint density at radius 1 is 1.07 bits per heavy atom. The highest BCUT2D eigenvalue weighted by molar-refractivity contribution is 6.31. The second-order valence-corrected chi connectivity index (χ2v) is 13.3. The minimum atomic E-state index is -1.22. The zero-order valence-electron chi connectivity index (χ0n) is 24.7. The SMILES string of the molecule is CC(C)c1ccc(NC(=O)[C@H]2[C@H]3C=C[C@@]4(O3)[C@H]2C(=O)N(Cc2ccccc2Cl)[C@@H]4C(=O)N[C@@H]2CCC[C@H](C)[C@H]2C)cc1. The molecule has 1 saturated carbocycles. The van der Waals surface area contributed by atoms with Crippen molar-refractivity contribution in [1.29, 1.82) is 0 Å². The summed E-state index contributed by atoms with van der Waals surface area (Å²) >= 11 is 6.52. The van der Waals surface area contributed by atoms with Crippen LogP contribution in [-0.2, 0) is 25.7 Å². The first-order valence-corrected chi connectivity index (χ1v) is 15.6. The number of halogens is 1. The second-order valence-electron chi connectivity index (χ2n) is 12.9. The number of benzene rings is 2. The Bertz CT molecular complexity index is 1410. The number of ether oxygens (including phenoxy) is 1. The average molecular weight is 590 g/mol. The summed E-state index contributed by atoms with van der Waals surface area (Å²) in [5, 5.41) is 6.84. The number of carbonyl (C=O) groups excluding carboxylic acids is 3. The van der Waals surface area contributed by atoms with Crippen LogP contribution in [-0.4, -0.2) is 46.4 Å². The monoisotopic (exact) mass is 589 g/mol. The van der Waals surface area contributed by atoms with Crippen molar-refractivity contribution in [3.63, 3.8) is 0 Å². The normalized spacial score (nSPS) is 33.2. The summed E-state index contributed by atoms with van der Waals surface area (Å²) in [7, 11) is 0. The van der Waals surface area contributed by atoms with Crippen LogP contribution in [0.4, 0.5) is 5.69 Å². The van der Waals surface area contributed by atoms with E-state index >= 15 is 0 Å². The molecule has 3 fully saturated rings. The van der Waals surface area contributed by atoms with Gasteiger partial charge in [0.05, 0.1) is 17.9 Å². The molecule has 3 heterocycles. The van der Waals surface area contributed by atoms with Gasteiger partial charge in [0.2, 0.25) is 17.7 Å². The molecular formula is C34H40ClN3O4. The molecule has 2 bridgehead atoms. The van der Waals surface area contributed by atoms with Crippen LogP contribution in [0.1, 0.15) is 64.0 Å². The minimum Gasteiger partial charge on any atom is -0.359 e. The van der Waals surface area contributed by atoms with Crippen LogP contribution in [0.15, 0.2) is 60.7 Å². The summed E-state index contributed by atoms with van der Waals surface area (Å²) in [5.74, 6) is -1.16. The summed E-state index contributed by atoms with van der Waals surface area (Å²) in [4.78, 5) is 43.9. The molecular weight excluding hydrogens is 550 g/mol. The molecule has 7 nitrogen and oxygen atoms in total. The fourth-order valence-corrected chi connectivity index (χ4v) is 7.67. The van der Waals surface area contributed by atoms with Crippen LogP contribution in [0.5, 0.6) is 0 Å². The predicted octanol–water partition coefficient (Wildman–Crippen LogP) is 5.69. The lowest BCUT2D eigenvalue weighted by molar-refractivity contribution is -0.142. The van der Waals surface area contributed by atoms with E-state index in [1.165, 1.54) is 5.56 Å². The Labute approximate surface area is 253 Å². The topological polar surface area (TPSA) is 87.7 Å². The van der Waals surface area contributed by atoms with E-state index in [-0.39, 0.29) is 30.3 Å². The molecule has 0 radical (unpaired) electrons. The van der Waals surface area contributed by atoms with Crippen molar-refractivity contribution >= 4 is 35.0 Å². The highest BCUT2D eigenvalue weighted by Crippen LogP contribution is 2.55. The lowest BCUT2D eigenvalue weighted by Gasteiger charge is -2.38. The van der Waals surface area contributed by atoms with E-state index in [2.05, 4.69) is 38.3 Å². The molecule has 42 heavy (non-hydrogen) atoms. The maximum absolute atomic E-state index is 14.3. The molecule has 0 aromatic heterocycles. The maximum atomic E-state index is 14.3. The Kier molecular flexibility index (Phi) is 7.69.